The van der Waals surface area contributed by atoms with Crippen LogP contribution < -0.4 is 10.1 Å². The fourth-order valence-corrected chi connectivity index (χ4v) is 3.17. The number of nitrogens with zero attached hydrogens (tertiary/aromatic N) is 4. The van der Waals surface area contributed by atoms with Crippen molar-refractivity contribution in [3.63, 3.8) is 0 Å². The first kappa shape index (κ1) is 18.7. The number of methoxy groups -OCH3 is 1. The molecule has 2 heterocycles. The van der Waals surface area contributed by atoms with Crippen molar-refractivity contribution in [2.75, 3.05) is 27.7 Å². The predicted molar refractivity (Wildman–Crippen MR) is 104 cm³/mol. The molecule has 3 aromatic rings. The molecular formula is C20H25N5O2. The minimum atomic E-state index is -0.159. The molecule has 1 atom stereocenters. The monoisotopic (exact) mass is 367 g/mol. The highest BCUT2D eigenvalue weighted by Gasteiger charge is 2.22. The highest BCUT2D eigenvalue weighted by atomic mass is 16.5. The third-order valence-corrected chi connectivity index (χ3v) is 4.58. The zero-order chi connectivity index (χ0) is 19.4. The van der Waals surface area contributed by atoms with Crippen molar-refractivity contribution in [3.8, 4) is 11.6 Å². The summed E-state index contributed by atoms with van der Waals surface area (Å²) in [6, 6.07) is 11.7. The number of nitrogens with one attached hydrogen (secondary N) is 1. The summed E-state index contributed by atoms with van der Waals surface area (Å²) in [5.41, 5.74) is 1.56. The number of carbonyl (C=O) groups excluding carboxylic acids is 1. The van der Waals surface area contributed by atoms with Gasteiger partial charge in [0.2, 0.25) is 0 Å². The smallest absolute Gasteiger partial charge is 0.256 e. The van der Waals surface area contributed by atoms with E-state index in [-0.39, 0.29) is 11.9 Å². The Bertz CT molecular complexity index is 899. The zero-order valence-electron chi connectivity index (χ0n) is 16.1. The van der Waals surface area contributed by atoms with Crippen molar-refractivity contribution in [2.24, 2.45) is 7.05 Å². The first-order valence-electron chi connectivity index (χ1n) is 8.75. The van der Waals surface area contributed by atoms with Crippen LogP contribution in [0.2, 0.25) is 0 Å². The highest BCUT2D eigenvalue weighted by molar-refractivity contribution is 5.97. The Morgan fingerprint density at radius 1 is 1.22 bits per heavy atom. The summed E-state index contributed by atoms with van der Waals surface area (Å²) >= 11 is 0. The number of ether oxygens (including phenoxy) is 1. The summed E-state index contributed by atoms with van der Waals surface area (Å²) in [5.74, 6) is 1.38. The minimum absolute atomic E-state index is 0.0169. The third kappa shape index (κ3) is 3.88. The van der Waals surface area contributed by atoms with E-state index in [9.17, 15) is 4.79 Å². The molecule has 0 bridgehead atoms. The van der Waals surface area contributed by atoms with E-state index >= 15 is 0 Å². The maximum Gasteiger partial charge on any atom is 0.256 e. The summed E-state index contributed by atoms with van der Waals surface area (Å²) in [6.45, 7) is 0.451. The number of hydrogen-bond donors (Lipinski definition) is 1. The molecule has 0 radical (unpaired) electrons. The van der Waals surface area contributed by atoms with Gasteiger partial charge in [-0.2, -0.15) is 5.10 Å². The molecule has 1 N–H and O–H groups in total. The van der Waals surface area contributed by atoms with Crippen LogP contribution in [0, 0.1) is 0 Å². The Morgan fingerprint density at radius 3 is 2.59 bits per heavy atom. The molecule has 27 heavy (non-hydrogen) atoms. The fraction of sp³-hybridized carbons (Fsp3) is 0.300. The van der Waals surface area contributed by atoms with Gasteiger partial charge in [0.05, 0.1) is 19.3 Å². The quantitative estimate of drug-likeness (QED) is 0.696. The molecule has 0 saturated heterocycles. The number of rotatable bonds is 7. The summed E-state index contributed by atoms with van der Waals surface area (Å²) in [4.78, 5) is 14.9. The van der Waals surface area contributed by atoms with Gasteiger partial charge >= 0.3 is 0 Å². The van der Waals surface area contributed by atoms with Crippen molar-refractivity contribution in [1.82, 2.24) is 24.6 Å². The van der Waals surface area contributed by atoms with E-state index in [1.807, 2.05) is 74.5 Å². The SMILES string of the molecule is COc1ccccc1[C@@H](CNC(=O)c1cnn(C)c1-n1cccc1)N(C)C. The zero-order valence-corrected chi connectivity index (χ0v) is 16.1. The standard InChI is InChI=1S/C20H25N5O2/c1-23(2)17(15-9-5-6-10-18(15)27-4)14-21-19(26)16-13-22-24(3)20(16)25-11-7-8-12-25/h5-13,17H,14H2,1-4H3,(H,21,26)/t17-/m1/s1. The van der Waals surface area contributed by atoms with Gasteiger partial charge in [-0.05, 0) is 32.3 Å². The number of hydrogen-bond acceptors (Lipinski definition) is 4. The predicted octanol–water partition coefficient (Wildman–Crippen LogP) is 2.25. The molecule has 0 spiro atoms. The molecule has 7 nitrogen and oxygen atoms in total. The molecule has 3 rings (SSSR count). The Kier molecular flexibility index (Phi) is 5.61. The van der Waals surface area contributed by atoms with E-state index < -0.39 is 0 Å². The molecule has 1 aromatic carbocycles. The topological polar surface area (TPSA) is 64.3 Å². The Labute approximate surface area is 159 Å². The van der Waals surface area contributed by atoms with Crippen LogP contribution in [-0.4, -0.2) is 52.9 Å². The lowest BCUT2D eigenvalue weighted by Gasteiger charge is -2.26. The molecule has 0 aliphatic carbocycles. The van der Waals surface area contributed by atoms with Crippen molar-refractivity contribution >= 4 is 5.91 Å². The van der Waals surface area contributed by atoms with Crippen LogP contribution in [0.15, 0.2) is 55.0 Å². The van der Waals surface area contributed by atoms with Gasteiger partial charge in [0, 0.05) is 31.5 Å². The number of aromatic nitrogens is 3. The van der Waals surface area contributed by atoms with E-state index in [2.05, 4.69) is 15.3 Å². The summed E-state index contributed by atoms with van der Waals surface area (Å²) < 4.78 is 9.06. The first-order chi connectivity index (χ1) is 13.0. The minimum Gasteiger partial charge on any atom is -0.496 e. The van der Waals surface area contributed by atoms with Crippen LogP contribution in [0.3, 0.4) is 0 Å². The van der Waals surface area contributed by atoms with E-state index in [1.165, 1.54) is 0 Å². The van der Waals surface area contributed by atoms with Gasteiger partial charge in [0.15, 0.2) is 0 Å². The molecule has 0 saturated carbocycles. The summed E-state index contributed by atoms with van der Waals surface area (Å²) in [7, 11) is 7.45. The van der Waals surface area contributed by atoms with Gasteiger partial charge in [-0.1, -0.05) is 18.2 Å². The van der Waals surface area contributed by atoms with Gasteiger partial charge in [0.1, 0.15) is 17.1 Å². The third-order valence-electron chi connectivity index (χ3n) is 4.58. The lowest BCUT2D eigenvalue weighted by atomic mass is 10.0. The van der Waals surface area contributed by atoms with Crippen LogP contribution >= 0.6 is 0 Å². The molecule has 1 amide bonds. The second-order valence-electron chi connectivity index (χ2n) is 6.53. The van der Waals surface area contributed by atoms with E-state index in [1.54, 1.807) is 18.0 Å². The molecule has 0 aliphatic rings. The number of para-hydroxylation sites is 1. The number of likely N-dealkylation sites (N-methyl/N-ethyl adjacent to an activating group) is 1. The number of amides is 1. The molecular weight excluding hydrogens is 342 g/mol. The summed E-state index contributed by atoms with van der Waals surface area (Å²) in [5, 5.41) is 7.29. The largest absolute Gasteiger partial charge is 0.496 e. The maximum absolute atomic E-state index is 12.9. The molecule has 7 heteroatoms. The maximum atomic E-state index is 12.9. The fourth-order valence-electron chi connectivity index (χ4n) is 3.17. The average molecular weight is 367 g/mol. The highest BCUT2D eigenvalue weighted by Crippen LogP contribution is 2.27. The normalized spacial score (nSPS) is 12.2. The summed E-state index contributed by atoms with van der Waals surface area (Å²) in [6.07, 6.45) is 5.38. The van der Waals surface area contributed by atoms with Crippen molar-refractivity contribution in [2.45, 2.75) is 6.04 Å². The lowest BCUT2D eigenvalue weighted by Crippen LogP contribution is -2.35. The Morgan fingerprint density at radius 2 is 1.93 bits per heavy atom. The van der Waals surface area contributed by atoms with Gasteiger partial charge in [-0.3, -0.25) is 9.48 Å². The number of aryl methyl sites for hydroxylation is 1. The molecule has 0 aliphatic heterocycles. The van der Waals surface area contributed by atoms with Crippen LogP contribution in [0.1, 0.15) is 22.0 Å². The van der Waals surface area contributed by atoms with Crippen LogP contribution in [0.5, 0.6) is 5.75 Å². The van der Waals surface area contributed by atoms with Gasteiger partial charge < -0.3 is 19.5 Å². The molecule has 142 valence electrons. The lowest BCUT2D eigenvalue weighted by molar-refractivity contribution is 0.0941. The number of carbonyl (C=O) groups is 1. The Balaban J connectivity index is 1.80. The Hall–Kier alpha value is -3.06. The second kappa shape index (κ2) is 8.09. The van der Waals surface area contributed by atoms with Gasteiger partial charge in [-0.15, -0.1) is 0 Å². The number of benzene rings is 1. The molecule has 0 unspecified atom stereocenters. The van der Waals surface area contributed by atoms with Crippen LogP contribution in [0.4, 0.5) is 0 Å². The van der Waals surface area contributed by atoms with Crippen LogP contribution in [0.25, 0.3) is 5.82 Å². The van der Waals surface area contributed by atoms with Crippen molar-refractivity contribution in [3.05, 3.63) is 66.1 Å². The second-order valence-corrected chi connectivity index (χ2v) is 6.53. The van der Waals surface area contributed by atoms with Gasteiger partial charge in [-0.25, -0.2) is 0 Å². The van der Waals surface area contributed by atoms with Crippen LogP contribution in [-0.2, 0) is 7.05 Å². The van der Waals surface area contributed by atoms with E-state index in [0.29, 0.717) is 12.1 Å². The van der Waals surface area contributed by atoms with E-state index in [0.717, 1.165) is 17.1 Å². The van der Waals surface area contributed by atoms with Gasteiger partial charge in [0.25, 0.3) is 5.91 Å². The molecule has 2 aromatic heterocycles. The van der Waals surface area contributed by atoms with E-state index in [4.69, 9.17) is 4.74 Å². The molecule has 0 fully saturated rings. The van der Waals surface area contributed by atoms with Crippen molar-refractivity contribution in [1.29, 1.82) is 0 Å². The average Bonchev–Trinajstić information content (AvgIpc) is 3.31. The first-order valence-corrected chi connectivity index (χ1v) is 8.75. The van der Waals surface area contributed by atoms with Crippen molar-refractivity contribution < 1.29 is 9.53 Å².